The summed E-state index contributed by atoms with van der Waals surface area (Å²) in [5, 5.41) is 29.7. The van der Waals surface area contributed by atoms with Gasteiger partial charge in [0, 0.05) is 10.6 Å². The lowest BCUT2D eigenvalue weighted by atomic mass is 10.1. The Labute approximate surface area is 175 Å². The Balaban J connectivity index is 1.89. The molecule has 0 saturated carbocycles. The van der Waals surface area contributed by atoms with E-state index >= 15 is 0 Å². The van der Waals surface area contributed by atoms with Gasteiger partial charge in [0.15, 0.2) is 5.82 Å². The summed E-state index contributed by atoms with van der Waals surface area (Å²) < 4.78 is 2.08. The van der Waals surface area contributed by atoms with E-state index in [0.717, 1.165) is 27.0 Å². The van der Waals surface area contributed by atoms with E-state index < -0.39 is 0 Å². The SMILES string of the molecule is N#CC(C#N)=C(C#N)c1ccc(-c2ncc(-c3cccs3)n2-c2ccccc2)s1. The topological polar surface area (TPSA) is 89.2 Å². The molecule has 5 nitrogen and oxygen atoms in total. The molecule has 0 N–H and O–H groups in total. The highest BCUT2D eigenvalue weighted by Crippen LogP contribution is 2.37. The molecule has 0 aliphatic carbocycles. The van der Waals surface area contributed by atoms with Crippen molar-refractivity contribution in [2.24, 2.45) is 0 Å². The second-order valence-electron chi connectivity index (χ2n) is 5.86. The molecule has 7 heteroatoms. The molecule has 4 rings (SSSR count). The van der Waals surface area contributed by atoms with Gasteiger partial charge in [0.25, 0.3) is 0 Å². The molecule has 0 fully saturated rings. The molecule has 3 aromatic heterocycles. The van der Waals surface area contributed by atoms with Crippen molar-refractivity contribution in [2.75, 3.05) is 0 Å². The predicted molar refractivity (Wildman–Crippen MR) is 114 cm³/mol. The third-order valence-electron chi connectivity index (χ3n) is 4.21. The van der Waals surface area contributed by atoms with E-state index in [1.165, 1.54) is 11.3 Å². The fraction of sp³-hybridized carbons (Fsp3) is 0. The number of aromatic nitrogens is 2. The molecule has 0 atom stereocenters. The Bertz CT molecular complexity index is 1300. The summed E-state index contributed by atoms with van der Waals surface area (Å²) >= 11 is 2.97. The van der Waals surface area contributed by atoms with Crippen LogP contribution >= 0.6 is 22.7 Å². The minimum Gasteiger partial charge on any atom is -0.291 e. The predicted octanol–water partition coefficient (Wildman–Crippen LogP) is 5.65. The molecule has 136 valence electrons. The maximum atomic E-state index is 9.43. The molecule has 0 aliphatic rings. The van der Waals surface area contributed by atoms with Crippen LogP contribution in [0.15, 0.2) is 71.7 Å². The summed E-state index contributed by atoms with van der Waals surface area (Å²) in [5.41, 5.74) is 1.85. The van der Waals surface area contributed by atoms with Gasteiger partial charge in [-0.1, -0.05) is 24.3 Å². The summed E-state index contributed by atoms with van der Waals surface area (Å²) in [6, 6.07) is 23.2. The van der Waals surface area contributed by atoms with Gasteiger partial charge in [-0.05, 0) is 35.7 Å². The number of hydrogen-bond donors (Lipinski definition) is 0. The summed E-state index contributed by atoms with van der Waals surface area (Å²) in [4.78, 5) is 7.16. The molecule has 0 unspecified atom stereocenters. The van der Waals surface area contributed by atoms with Crippen molar-refractivity contribution in [3.63, 3.8) is 0 Å². The molecular formula is C22H11N5S2. The molecule has 4 aromatic rings. The molecule has 0 radical (unpaired) electrons. The highest BCUT2D eigenvalue weighted by atomic mass is 32.1. The Morgan fingerprint density at radius 3 is 2.31 bits per heavy atom. The number of nitrogens with zero attached hydrogens (tertiary/aromatic N) is 5. The first-order valence-corrected chi connectivity index (χ1v) is 10.2. The minimum absolute atomic E-state index is 0.0857. The van der Waals surface area contributed by atoms with Crippen molar-refractivity contribution in [3.8, 4) is 45.2 Å². The number of hydrogen-bond acceptors (Lipinski definition) is 6. The van der Waals surface area contributed by atoms with Gasteiger partial charge in [-0.15, -0.1) is 22.7 Å². The zero-order chi connectivity index (χ0) is 20.2. The van der Waals surface area contributed by atoms with Crippen LogP contribution in [0.3, 0.4) is 0 Å². The van der Waals surface area contributed by atoms with E-state index in [2.05, 4.69) is 9.55 Å². The Morgan fingerprint density at radius 2 is 1.66 bits per heavy atom. The fourth-order valence-electron chi connectivity index (χ4n) is 2.93. The second-order valence-corrected chi connectivity index (χ2v) is 7.90. The van der Waals surface area contributed by atoms with Crippen LogP contribution in [0.4, 0.5) is 0 Å². The van der Waals surface area contributed by atoms with Crippen molar-refractivity contribution >= 4 is 28.2 Å². The van der Waals surface area contributed by atoms with Crippen molar-refractivity contribution in [1.82, 2.24) is 9.55 Å². The normalized spacial score (nSPS) is 9.97. The van der Waals surface area contributed by atoms with Crippen LogP contribution < -0.4 is 0 Å². The van der Waals surface area contributed by atoms with Gasteiger partial charge in [-0.25, -0.2) is 4.98 Å². The third-order valence-corrected chi connectivity index (χ3v) is 6.20. The highest BCUT2D eigenvalue weighted by Gasteiger charge is 2.19. The first kappa shape index (κ1) is 18.4. The average molecular weight is 409 g/mol. The van der Waals surface area contributed by atoms with Crippen molar-refractivity contribution in [2.45, 2.75) is 0 Å². The molecule has 0 saturated heterocycles. The van der Waals surface area contributed by atoms with Gasteiger partial charge in [0.1, 0.15) is 23.8 Å². The summed E-state index contributed by atoms with van der Waals surface area (Å²) in [6.45, 7) is 0. The number of benzene rings is 1. The van der Waals surface area contributed by atoms with Gasteiger partial charge in [0.2, 0.25) is 0 Å². The van der Waals surface area contributed by atoms with Crippen LogP contribution in [-0.2, 0) is 0 Å². The number of imidazole rings is 1. The minimum atomic E-state index is -0.188. The quantitative estimate of drug-likeness (QED) is 0.407. The molecule has 0 aliphatic heterocycles. The lowest BCUT2D eigenvalue weighted by Gasteiger charge is -2.10. The first-order valence-electron chi connectivity index (χ1n) is 8.49. The van der Waals surface area contributed by atoms with Crippen molar-refractivity contribution in [1.29, 1.82) is 15.8 Å². The summed E-state index contributed by atoms with van der Waals surface area (Å²) in [5.74, 6) is 0.739. The fourth-order valence-corrected chi connectivity index (χ4v) is 4.65. The number of rotatable bonds is 4. The van der Waals surface area contributed by atoms with Gasteiger partial charge >= 0.3 is 0 Å². The van der Waals surface area contributed by atoms with Crippen LogP contribution in [0.5, 0.6) is 0 Å². The van der Waals surface area contributed by atoms with E-state index in [9.17, 15) is 5.26 Å². The zero-order valence-electron chi connectivity index (χ0n) is 14.9. The Kier molecular flexibility index (Phi) is 5.05. The summed E-state index contributed by atoms with van der Waals surface area (Å²) in [6.07, 6.45) is 1.84. The van der Waals surface area contributed by atoms with Crippen LogP contribution in [0.1, 0.15) is 4.88 Å². The highest BCUT2D eigenvalue weighted by molar-refractivity contribution is 7.16. The van der Waals surface area contributed by atoms with Gasteiger partial charge in [-0.3, -0.25) is 4.57 Å². The van der Waals surface area contributed by atoms with E-state index in [-0.39, 0.29) is 11.1 Å². The number of thiophene rings is 2. The van der Waals surface area contributed by atoms with Crippen molar-refractivity contribution in [3.05, 3.63) is 76.6 Å². The lowest BCUT2D eigenvalue weighted by molar-refractivity contribution is 1.08. The lowest BCUT2D eigenvalue weighted by Crippen LogP contribution is -1.98. The smallest absolute Gasteiger partial charge is 0.155 e. The number of nitriles is 3. The monoisotopic (exact) mass is 409 g/mol. The Hall–Kier alpha value is -3.96. The zero-order valence-corrected chi connectivity index (χ0v) is 16.5. The van der Waals surface area contributed by atoms with Crippen LogP contribution in [0, 0.1) is 34.0 Å². The third kappa shape index (κ3) is 3.35. The summed E-state index contributed by atoms with van der Waals surface area (Å²) in [7, 11) is 0. The number of allylic oxidation sites excluding steroid dienone is 2. The van der Waals surface area contributed by atoms with E-state index in [0.29, 0.717) is 4.88 Å². The van der Waals surface area contributed by atoms with Crippen LogP contribution in [0.2, 0.25) is 0 Å². The van der Waals surface area contributed by atoms with E-state index in [1.54, 1.807) is 29.5 Å². The van der Waals surface area contributed by atoms with Gasteiger partial charge in [-0.2, -0.15) is 15.8 Å². The molecule has 3 heterocycles. The van der Waals surface area contributed by atoms with Gasteiger partial charge < -0.3 is 0 Å². The maximum absolute atomic E-state index is 9.43. The van der Waals surface area contributed by atoms with Crippen molar-refractivity contribution < 1.29 is 0 Å². The standard InChI is InChI=1S/C22H11N5S2/c23-11-15(12-24)17(13-25)19-8-9-21(29-19)22-26-14-18(20-7-4-10-28-20)27(22)16-5-2-1-3-6-16/h1-10,14H. The van der Waals surface area contributed by atoms with Gasteiger partial charge in [0.05, 0.1) is 27.2 Å². The average Bonchev–Trinajstić information content (AvgIpc) is 3.52. The second kappa shape index (κ2) is 7.96. The number of para-hydroxylation sites is 1. The first-order chi connectivity index (χ1) is 14.3. The molecular weight excluding hydrogens is 398 g/mol. The molecule has 1 aromatic carbocycles. The largest absolute Gasteiger partial charge is 0.291 e. The van der Waals surface area contributed by atoms with Crippen LogP contribution in [-0.4, -0.2) is 9.55 Å². The molecule has 29 heavy (non-hydrogen) atoms. The molecule has 0 bridgehead atoms. The van der Waals surface area contributed by atoms with E-state index in [1.807, 2.05) is 66.2 Å². The van der Waals surface area contributed by atoms with E-state index in [4.69, 9.17) is 10.5 Å². The maximum Gasteiger partial charge on any atom is 0.155 e. The molecule has 0 amide bonds. The molecule has 0 spiro atoms. The Morgan fingerprint density at radius 1 is 0.862 bits per heavy atom. The van der Waals surface area contributed by atoms with Crippen LogP contribution in [0.25, 0.3) is 32.5 Å².